The highest BCUT2D eigenvalue weighted by atomic mass is 16.5. The van der Waals surface area contributed by atoms with Crippen LogP contribution in [0.2, 0.25) is 0 Å². The van der Waals surface area contributed by atoms with E-state index >= 15 is 0 Å². The molecule has 1 aliphatic heterocycles. The van der Waals surface area contributed by atoms with E-state index in [0.717, 1.165) is 69.7 Å². The summed E-state index contributed by atoms with van der Waals surface area (Å²) in [4.78, 5) is 11.0. The highest BCUT2D eigenvalue weighted by Gasteiger charge is 2.09. The van der Waals surface area contributed by atoms with Crippen LogP contribution in [0.3, 0.4) is 0 Å². The Morgan fingerprint density at radius 2 is 1.73 bits per heavy atom. The molecule has 1 saturated heterocycles. The van der Waals surface area contributed by atoms with Gasteiger partial charge in [-0.3, -0.25) is 4.90 Å². The van der Waals surface area contributed by atoms with E-state index in [-0.39, 0.29) is 0 Å². The maximum absolute atomic E-state index is 5.36. The van der Waals surface area contributed by atoms with E-state index in [1.54, 1.807) is 13.4 Å². The molecular weight excluding hydrogens is 330 g/mol. The van der Waals surface area contributed by atoms with Crippen molar-refractivity contribution in [1.29, 1.82) is 0 Å². The predicted molar refractivity (Wildman–Crippen MR) is 103 cm³/mol. The van der Waals surface area contributed by atoms with Crippen LogP contribution >= 0.6 is 0 Å². The maximum Gasteiger partial charge on any atom is 0.131 e. The summed E-state index contributed by atoms with van der Waals surface area (Å²) < 4.78 is 10.5. The standard InChI is InChI=1S/C19H27N5O2/c1-25-17-4-2-16(3-5-17)6-7-20-18-14-19(23-15-22-18)21-8-9-24-10-12-26-13-11-24/h2-5,14-15H,6-13H2,1H3,(H2,20,21,22,23). The van der Waals surface area contributed by atoms with Crippen LogP contribution in [0.1, 0.15) is 5.56 Å². The second-order valence-electron chi connectivity index (χ2n) is 6.19. The molecular formula is C19H27N5O2. The van der Waals surface area contributed by atoms with Crippen molar-refractivity contribution >= 4 is 11.6 Å². The van der Waals surface area contributed by atoms with Crippen molar-refractivity contribution in [2.24, 2.45) is 0 Å². The average molecular weight is 357 g/mol. The van der Waals surface area contributed by atoms with Crippen molar-refractivity contribution in [2.75, 3.05) is 63.7 Å². The SMILES string of the molecule is COc1ccc(CCNc2cc(NCCN3CCOCC3)ncn2)cc1. The van der Waals surface area contributed by atoms with Crippen molar-refractivity contribution in [2.45, 2.75) is 6.42 Å². The normalized spacial score (nSPS) is 14.8. The van der Waals surface area contributed by atoms with Crippen molar-refractivity contribution in [3.63, 3.8) is 0 Å². The third-order valence-corrected chi connectivity index (χ3v) is 4.38. The Morgan fingerprint density at radius 1 is 1.04 bits per heavy atom. The van der Waals surface area contributed by atoms with Crippen molar-refractivity contribution < 1.29 is 9.47 Å². The predicted octanol–water partition coefficient (Wildman–Crippen LogP) is 1.88. The number of anilines is 2. The maximum atomic E-state index is 5.36. The van der Waals surface area contributed by atoms with Crippen LogP contribution in [-0.2, 0) is 11.2 Å². The molecule has 0 radical (unpaired) electrons. The molecule has 7 heteroatoms. The van der Waals surface area contributed by atoms with Crippen LogP contribution in [-0.4, -0.2) is 67.9 Å². The quantitative estimate of drug-likeness (QED) is 0.710. The summed E-state index contributed by atoms with van der Waals surface area (Å²) in [5, 5.41) is 6.72. The average Bonchev–Trinajstić information content (AvgIpc) is 2.70. The minimum atomic E-state index is 0.816. The molecule has 1 aromatic heterocycles. The van der Waals surface area contributed by atoms with Gasteiger partial charge in [-0.1, -0.05) is 12.1 Å². The molecule has 2 N–H and O–H groups in total. The lowest BCUT2D eigenvalue weighted by atomic mass is 10.1. The molecule has 0 spiro atoms. The lowest BCUT2D eigenvalue weighted by Gasteiger charge is -2.26. The van der Waals surface area contributed by atoms with Gasteiger partial charge >= 0.3 is 0 Å². The molecule has 26 heavy (non-hydrogen) atoms. The van der Waals surface area contributed by atoms with E-state index < -0.39 is 0 Å². The van der Waals surface area contributed by atoms with Crippen LogP contribution in [0.15, 0.2) is 36.7 Å². The van der Waals surface area contributed by atoms with Crippen LogP contribution < -0.4 is 15.4 Å². The molecule has 1 fully saturated rings. The fourth-order valence-corrected chi connectivity index (χ4v) is 2.84. The van der Waals surface area contributed by atoms with Gasteiger partial charge in [0.2, 0.25) is 0 Å². The first-order chi connectivity index (χ1) is 12.8. The molecule has 140 valence electrons. The van der Waals surface area contributed by atoms with Gasteiger partial charge in [0.05, 0.1) is 20.3 Å². The second-order valence-corrected chi connectivity index (χ2v) is 6.19. The Hall–Kier alpha value is -2.38. The van der Waals surface area contributed by atoms with Gasteiger partial charge < -0.3 is 20.1 Å². The lowest BCUT2D eigenvalue weighted by Crippen LogP contribution is -2.39. The third-order valence-electron chi connectivity index (χ3n) is 4.38. The van der Waals surface area contributed by atoms with Crippen LogP contribution in [0.5, 0.6) is 5.75 Å². The Labute approximate surface area is 154 Å². The first-order valence-corrected chi connectivity index (χ1v) is 9.06. The van der Waals surface area contributed by atoms with Crippen LogP contribution in [0, 0.1) is 0 Å². The highest BCUT2D eigenvalue weighted by Crippen LogP contribution is 2.12. The summed E-state index contributed by atoms with van der Waals surface area (Å²) in [5.41, 5.74) is 1.26. The molecule has 2 aromatic rings. The number of aromatic nitrogens is 2. The van der Waals surface area contributed by atoms with Gasteiger partial charge in [0, 0.05) is 38.8 Å². The van der Waals surface area contributed by atoms with E-state index in [1.807, 2.05) is 18.2 Å². The molecule has 1 aliphatic rings. The van der Waals surface area contributed by atoms with Crippen LogP contribution in [0.25, 0.3) is 0 Å². The number of rotatable bonds is 9. The monoisotopic (exact) mass is 357 g/mol. The summed E-state index contributed by atoms with van der Waals surface area (Å²) in [6.07, 6.45) is 2.51. The molecule has 3 rings (SSSR count). The number of benzene rings is 1. The lowest BCUT2D eigenvalue weighted by molar-refractivity contribution is 0.0398. The van der Waals surface area contributed by atoms with Gasteiger partial charge in [0.15, 0.2) is 0 Å². The van der Waals surface area contributed by atoms with E-state index in [2.05, 4.69) is 37.6 Å². The number of morpholine rings is 1. The molecule has 0 unspecified atom stereocenters. The van der Waals surface area contributed by atoms with E-state index in [0.29, 0.717) is 0 Å². The van der Waals surface area contributed by atoms with Crippen molar-refractivity contribution in [1.82, 2.24) is 14.9 Å². The molecule has 0 aliphatic carbocycles. The third kappa shape index (κ3) is 5.86. The zero-order chi connectivity index (χ0) is 18.0. The number of nitrogens with zero attached hydrogens (tertiary/aromatic N) is 3. The number of hydrogen-bond acceptors (Lipinski definition) is 7. The van der Waals surface area contributed by atoms with Crippen molar-refractivity contribution in [3.05, 3.63) is 42.2 Å². The number of ether oxygens (including phenoxy) is 2. The number of methoxy groups -OCH3 is 1. The Balaban J connectivity index is 1.40. The van der Waals surface area contributed by atoms with Gasteiger partial charge in [0.1, 0.15) is 23.7 Å². The van der Waals surface area contributed by atoms with Crippen LogP contribution in [0.4, 0.5) is 11.6 Å². The molecule has 1 aromatic carbocycles. The zero-order valence-corrected chi connectivity index (χ0v) is 15.3. The fourth-order valence-electron chi connectivity index (χ4n) is 2.84. The Bertz CT molecular complexity index is 659. The minimum Gasteiger partial charge on any atom is -0.497 e. The van der Waals surface area contributed by atoms with E-state index in [1.165, 1.54) is 5.56 Å². The second kappa shape index (κ2) is 9.94. The zero-order valence-electron chi connectivity index (χ0n) is 15.3. The van der Waals surface area contributed by atoms with Gasteiger partial charge in [-0.2, -0.15) is 0 Å². The fraction of sp³-hybridized carbons (Fsp3) is 0.474. The summed E-state index contributed by atoms with van der Waals surface area (Å²) in [6.45, 7) is 6.34. The van der Waals surface area contributed by atoms with Gasteiger partial charge in [-0.05, 0) is 24.1 Å². The molecule has 0 saturated carbocycles. The molecule has 0 bridgehead atoms. The number of nitrogens with one attached hydrogen (secondary N) is 2. The molecule has 2 heterocycles. The Kier molecular flexibility index (Phi) is 7.04. The smallest absolute Gasteiger partial charge is 0.131 e. The van der Waals surface area contributed by atoms with Gasteiger partial charge in [-0.15, -0.1) is 0 Å². The summed E-state index contributed by atoms with van der Waals surface area (Å²) in [6, 6.07) is 10.1. The van der Waals surface area contributed by atoms with Gasteiger partial charge in [-0.25, -0.2) is 9.97 Å². The first kappa shape index (κ1) is 18.4. The highest BCUT2D eigenvalue weighted by molar-refractivity contribution is 5.46. The topological polar surface area (TPSA) is 71.5 Å². The summed E-state index contributed by atoms with van der Waals surface area (Å²) >= 11 is 0. The number of hydrogen-bond donors (Lipinski definition) is 2. The molecule has 0 amide bonds. The summed E-state index contributed by atoms with van der Waals surface area (Å²) in [5.74, 6) is 2.56. The van der Waals surface area contributed by atoms with E-state index in [4.69, 9.17) is 9.47 Å². The molecule has 7 nitrogen and oxygen atoms in total. The molecule has 0 atom stereocenters. The van der Waals surface area contributed by atoms with E-state index in [9.17, 15) is 0 Å². The summed E-state index contributed by atoms with van der Waals surface area (Å²) in [7, 11) is 1.68. The minimum absolute atomic E-state index is 0.816. The Morgan fingerprint density at radius 3 is 2.42 bits per heavy atom. The van der Waals surface area contributed by atoms with Crippen molar-refractivity contribution in [3.8, 4) is 5.75 Å². The first-order valence-electron chi connectivity index (χ1n) is 9.06. The van der Waals surface area contributed by atoms with Gasteiger partial charge in [0.25, 0.3) is 0 Å². The largest absolute Gasteiger partial charge is 0.497 e.